The van der Waals surface area contributed by atoms with Gasteiger partial charge in [0.25, 0.3) is 0 Å². The van der Waals surface area contributed by atoms with E-state index in [0.29, 0.717) is 22.5 Å². The predicted molar refractivity (Wildman–Crippen MR) is 95.5 cm³/mol. The van der Waals surface area contributed by atoms with Crippen LogP contribution in [0.3, 0.4) is 0 Å². The summed E-state index contributed by atoms with van der Waals surface area (Å²) in [5.74, 6) is 0.346. The average Bonchev–Trinajstić information content (AvgIpc) is 3.15. The van der Waals surface area contributed by atoms with E-state index in [0.717, 1.165) is 18.5 Å². The number of likely N-dealkylation sites (tertiary alicyclic amines) is 1. The number of aryl methyl sites for hydroxylation is 1. The quantitative estimate of drug-likeness (QED) is 0.892. The zero-order chi connectivity index (χ0) is 17.3. The summed E-state index contributed by atoms with van der Waals surface area (Å²) in [6.07, 6.45) is 4.85. The molecule has 3 rings (SSSR count). The highest BCUT2D eigenvalue weighted by Gasteiger charge is 2.29. The number of hydrogen-bond donors (Lipinski definition) is 1. The lowest BCUT2D eigenvalue weighted by Crippen LogP contribution is -2.39. The van der Waals surface area contributed by atoms with Crippen LogP contribution in [-0.2, 0) is 7.05 Å². The number of aromatic nitrogens is 2. The number of urea groups is 1. The summed E-state index contributed by atoms with van der Waals surface area (Å²) in [5.41, 5.74) is 2.04. The number of halogens is 2. The fourth-order valence-corrected chi connectivity index (χ4v) is 3.65. The van der Waals surface area contributed by atoms with Gasteiger partial charge < -0.3 is 10.2 Å². The zero-order valence-corrected chi connectivity index (χ0v) is 15.2. The summed E-state index contributed by atoms with van der Waals surface area (Å²) in [7, 11) is 1.90. The lowest BCUT2D eigenvalue weighted by Gasteiger charge is -2.22. The van der Waals surface area contributed by atoms with Gasteiger partial charge in [-0.3, -0.25) is 4.68 Å². The van der Waals surface area contributed by atoms with Crippen molar-refractivity contribution >= 4 is 29.2 Å². The summed E-state index contributed by atoms with van der Waals surface area (Å²) in [5, 5.41) is 8.37. The molecule has 0 radical (unpaired) electrons. The number of rotatable bonds is 3. The second-order valence-corrected chi connectivity index (χ2v) is 7.06. The van der Waals surface area contributed by atoms with Crippen LogP contribution in [0.4, 0.5) is 4.79 Å². The normalized spacial score (nSPS) is 18.7. The summed E-state index contributed by atoms with van der Waals surface area (Å²) < 4.78 is 1.79. The first-order valence-corrected chi connectivity index (χ1v) is 8.68. The Kier molecular flexibility index (Phi) is 5.01. The molecule has 2 heterocycles. The molecule has 2 aromatic rings. The van der Waals surface area contributed by atoms with Crippen molar-refractivity contribution in [3.8, 4) is 0 Å². The Morgan fingerprint density at radius 1 is 1.42 bits per heavy atom. The topological polar surface area (TPSA) is 50.2 Å². The molecule has 1 saturated heterocycles. The van der Waals surface area contributed by atoms with Crippen molar-refractivity contribution in [2.45, 2.75) is 25.3 Å². The van der Waals surface area contributed by atoms with Gasteiger partial charge in [0.05, 0.1) is 12.2 Å². The van der Waals surface area contributed by atoms with Crippen LogP contribution in [0.1, 0.15) is 36.4 Å². The molecule has 0 spiro atoms. The van der Waals surface area contributed by atoms with Gasteiger partial charge in [-0.05, 0) is 36.6 Å². The molecule has 1 unspecified atom stereocenters. The van der Waals surface area contributed by atoms with Crippen molar-refractivity contribution in [2.24, 2.45) is 7.05 Å². The second-order valence-electron chi connectivity index (χ2n) is 6.22. The summed E-state index contributed by atoms with van der Waals surface area (Å²) >= 11 is 12.1. The fraction of sp³-hybridized carbons (Fsp3) is 0.412. The highest BCUT2D eigenvalue weighted by Crippen LogP contribution is 2.28. The number of carbonyl (C=O) groups is 1. The first kappa shape index (κ1) is 17.1. The first-order chi connectivity index (χ1) is 11.4. The van der Waals surface area contributed by atoms with Crippen LogP contribution in [0.25, 0.3) is 0 Å². The molecule has 1 aromatic carbocycles. The molecule has 1 N–H and O–H groups in total. The van der Waals surface area contributed by atoms with Gasteiger partial charge in [-0.25, -0.2) is 4.79 Å². The molecule has 0 saturated carbocycles. The van der Waals surface area contributed by atoms with Gasteiger partial charge in [-0.2, -0.15) is 5.10 Å². The van der Waals surface area contributed by atoms with Gasteiger partial charge in [0.2, 0.25) is 0 Å². The highest BCUT2D eigenvalue weighted by molar-refractivity contribution is 6.35. The average molecular weight is 367 g/mol. The molecule has 24 heavy (non-hydrogen) atoms. The SMILES string of the molecule is C[C@@H](NC(=O)N1CCC(c2cnn(C)c2)C1)c1ccc(Cl)cc1Cl. The van der Waals surface area contributed by atoms with Crippen LogP contribution >= 0.6 is 23.2 Å². The molecule has 128 valence electrons. The Hall–Kier alpha value is -1.72. The minimum absolute atomic E-state index is 0.0695. The summed E-state index contributed by atoms with van der Waals surface area (Å²) in [6, 6.07) is 5.06. The fourth-order valence-electron chi connectivity index (χ4n) is 3.07. The number of hydrogen-bond acceptors (Lipinski definition) is 2. The number of carbonyl (C=O) groups excluding carboxylic acids is 1. The third kappa shape index (κ3) is 3.68. The smallest absolute Gasteiger partial charge is 0.317 e. The molecule has 0 aliphatic carbocycles. The Bertz CT molecular complexity index is 746. The number of nitrogens with zero attached hydrogens (tertiary/aromatic N) is 3. The van der Waals surface area contributed by atoms with Gasteiger partial charge in [-0.15, -0.1) is 0 Å². The molecule has 0 bridgehead atoms. The Morgan fingerprint density at radius 2 is 2.21 bits per heavy atom. The summed E-state index contributed by atoms with van der Waals surface area (Å²) in [4.78, 5) is 14.4. The van der Waals surface area contributed by atoms with Crippen molar-refractivity contribution in [3.05, 3.63) is 51.8 Å². The number of benzene rings is 1. The lowest BCUT2D eigenvalue weighted by atomic mass is 10.0. The third-order valence-corrected chi connectivity index (χ3v) is 5.00. The maximum Gasteiger partial charge on any atom is 0.317 e. The van der Waals surface area contributed by atoms with E-state index in [-0.39, 0.29) is 12.1 Å². The lowest BCUT2D eigenvalue weighted by molar-refractivity contribution is 0.205. The van der Waals surface area contributed by atoms with Crippen molar-refractivity contribution in [2.75, 3.05) is 13.1 Å². The van der Waals surface area contributed by atoms with E-state index >= 15 is 0 Å². The van der Waals surface area contributed by atoms with Crippen molar-refractivity contribution in [1.82, 2.24) is 20.0 Å². The minimum Gasteiger partial charge on any atom is -0.331 e. The first-order valence-electron chi connectivity index (χ1n) is 7.93. The molecule has 1 fully saturated rings. The van der Waals surface area contributed by atoms with E-state index in [4.69, 9.17) is 23.2 Å². The Labute approximate surface area is 151 Å². The van der Waals surface area contributed by atoms with Crippen LogP contribution in [0, 0.1) is 0 Å². The summed E-state index contributed by atoms with van der Waals surface area (Å²) in [6.45, 7) is 3.37. The molecule has 1 aliphatic heterocycles. The molecule has 5 nitrogen and oxygen atoms in total. The van der Waals surface area contributed by atoms with E-state index in [1.165, 1.54) is 5.56 Å². The molecule has 1 aromatic heterocycles. The van der Waals surface area contributed by atoms with Gasteiger partial charge in [-0.1, -0.05) is 29.3 Å². The molecule has 2 atom stereocenters. The van der Waals surface area contributed by atoms with Crippen LogP contribution in [0.5, 0.6) is 0 Å². The maximum atomic E-state index is 12.5. The molecular weight excluding hydrogens is 347 g/mol. The largest absolute Gasteiger partial charge is 0.331 e. The molecule has 7 heteroatoms. The molecule has 2 amide bonds. The zero-order valence-electron chi connectivity index (χ0n) is 13.7. The van der Waals surface area contributed by atoms with Crippen LogP contribution < -0.4 is 5.32 Å². The molecule has 1 aliphatic rings. The standard InChI is InChI=1S/C17H20Cl2N4O/c1-11(15-4-3-14(18)7-16(15)19)21-17(24)23-6-5-12(10-23)13-8-20-22(2)9-13/h3-4,7-9,11-12H,5-6,10H2,1-2H3,(H,21,24)/t11-,12?/m1/s1. The highest BCUT2D eigenvalue weighted by atomic mass is 35.5. The van der Waals surface area contributed by atoms with Crippen LogP contribution in [0.15, 0.2) is 30.6 Å². The van der Waals surface area contributed by atoms with Crippen LogP contribution in [0.2, 0.25) is 10.0 Å². The number of nitrogens with one attached hydrogen (secondary N) is 1. The third-order valence-electron chi connectivity index (χ3n) is 4.44. The Balaban J connectivity index is 1.61. The minimum atomic E-state index is -0.181. The van der Waals surface area contributed by atoms with Gasteiger partial charge in [0.1, 0.15) is 0 Å². The van der Waals surface area contributed by atoms with E-state index in [1.807, 2.05) is 37.3 Å². The van der Waals surface area contributed by atoms with Crippen molar-refractivity contribution in [1.29, 1.82) is 0 Å². The van der Waals surface area contributed by atoms with Crippen molar-refractivity contribution in [3.63, 3.8) is 0 Å². The van der Waals surface area contributed by atoms with Crippen LogP contribution in [-0.4, -0.2) is 33.8 Å². The monoisotopic (exact) mass is 366 g/mol. The van der Waals surface area contributed by atoms with E-state index in [1.54, 1.807) is 16.8 Å². The van der Waals surface area contributed by atoms with E-state index in [2.05, 4.69) is 10.4 Å². The second kappa shape index (κ2) is 7.03. The van der Waals surface area contributed by atoms with Crippen molar-refractivity contribution < 1.29 is 4.79 Å². The maximum absolute atomic E-state index is 12.5. The molecular formula is C17H20Cl2N4O. The van der Waals surface area contributed by atoms with E-state index < -0.39 is 0 Å². The predicted octanol–water partition coefficient (Wildman–Crippen LogP) is 3.99. The van der Waals surface area contributed by atoms with Gasteiger partial charge in [0.15, 0.2) is 0 Å². The number of amides is 2. The van der Waals surface area contributed by atoms with Gasteiger partial charge >= 0.3 is 6.03 Å². The van der Waals surface area contributed by atoms with E-state index in [9.17, 15) is 4.79 Å². The van der Waals surface area contributed by atoms with Gasteiger partial charge in [0, 0.05) is 42.3 Å². The Morgan fingerprint density at radius 3 is 2.88 bits per heavy atom.